The third kappa shape index (κ3) is 6.36. The van der Waals surface area contributed by atoms with Crippen molar-refractivity contribution < 1.29 is 17.6 Å². The highest BCUT2D eigenvalue weighted by molar-refractivity contribution is 5.92. The molecular formula is C53H40F4N2. The fourth-order valence-corrected chi connectivity index (χ4v) is 9.04. The van der Waals surface area contributed by atoms with Crippen LogP contribution < -0.4 is 9.80 Å². The molecule has 6 heteroatoms. The van der Waals surface area contributed by atoms with Gasteiger partial charge in [0, 0.05) is 34.1 Å². The van der Waals surface area contributed by atoms with Crippen LogP contribution in [0.25, 0.3) is 11.1 Å². The van der Waals surface area contributed by atoms with Gasteiger partial charge in [0.25, 0.3) is 0 Å². The fraction of sp³-hybridized carbons (Fsp3) is 0.0943. The van der Waals surface area contributed by atoms with Gasteiger partial charge in [-0.1, -0.05) is 72.8 Å². The van der Waals surface area contributed by atoms with E-state index in [1.54, 1.807) is 24.3 Å². The second-order valence-electron chi connectivity index (χ2n) is 15.3. The summed E-state index contributed by atoms with van der Waals surface area (Å²) in [7, 11) is 0. The second-order valence-corrected chi connectivity index (χ2v) is 15.3. The molecular weight excluding hydrogens is 741 g/mol. The Morgan fingerprint density at radius 3 is 0.932 bits per heavy atom. The lowest BCUT2D eigenvalue weighted by Gasteiger charge is -2.36. The number of rotatable bonds is 8. The van der Waals surface area contributed by atoms with E-state index in [4.69, 9.17) is 0 Å². The molecule has 8 aromatic rings. The maximum Gasteiger partial charge on any atom is 0.123 e. The summed E-state index contributed by atoms with van der Waals surface area (Å²) in [5, 5.41) is 0. The first kappa shape index (κ1) is 37.6. The van der Waals surface area contributed by atoms with Gasteiger partial charge in [0.05, 0.1) is 5.41 Å². The number of halogens is 4. The van der Waals surface area contributed by atoms with E-state index in [-0.39, 0.29) is 23.3 Å². The Morgan fingerprint density at radius 2 is 0.644 bits per heavy atom. The van der Waals surface area contributed by atoms with Gasteiger partial charge in [0.2, 0.25) is 0 Å². The van der Waals surface area contributed by atoms with Crippen LogP contribution in [0.2, 0.25) is 0 Å². The molecule has 0 aliphatic heterocycles. The van der Waals surface area contributed by atoms with Crippen molar-refractivity contribution in [3.63, 3.8) is 0 Å². The lowest BCUT2D eigenvalue weighted by atomic mass is 9.67. The Kier molecular flexibility index (Phi) is 9.43. The molecule has 1 aliphatic rings. The molecule has 9 rings (SSSR count). The molecule has 0 heterocycles. The summed E-state index contributed by atoms with van der Waals surface area (Å²) >= 11 is 0. The third-order valence-corrected chi connectivity index (χ3v) is 11.6. The lowest BCUT2D eigenvalue weighted by molar-refractivity contribution is 0.625. The zero-order valence-corrected chi connectivity index (χ0v) is 33.1. The Balaban J connectivity index is 1.35. The van der Waals surface area contributed by atoms with E-state index in [1.165, 1.54) is 48.5 Å². The largest absolute Gasteiger partial charge is 0.310 e. The number of fused-ring (bicyclic) bond motifs is 3. The maximum atomic E-state index is 14.6. The highest BCUT2D eigenvalue weighted by atomic mass is 19.1. The SMILES string of the molecule is Cc1cc(F)ccc1N(c1ccc2c(c1)C(c1ccccc1)(c1ccccc1)c1cc(N(c3ccc(F)cc3C)c3ccc(F)cc3C)ccc1-2)c1ccc(F)cc1C. The van der Waals surface area contributed by atoms with E-state index in [0.29, 0.717) is 0 Å². The van der Waals surface area contributed by atoms with E-state index in [0.717, 1.165) is 89.8 Å². The first-order valence-electron chi connectivity index (χ1n) is 19.6. The van der Waals surface area contributed by atoms with Gasteiger partial charge in [-0.05, 0) is 180 Å². The van der Waals surface area contributed by atoms with Crippen molar-refractivity contribution in [1.29, 1.82) is 0 Å². The van der Waals surface area contributed by atoms with Crippen LogP contribution >= 0.6 is 0 Å². The van der Waals surface area contributed by atoms with Crippen LogP contribution in [0.15, 0.2) is 170 Å². The molecule has 0 spiro atoms. The average molecular weight is 781 g/mol. The van der Waals surface area contributed by atoms with Crippen LogP contribution in [-0.2, 0) is 5.41 Å². The van der Waals surface area contributed by atoms with Crippen molar-refractivity contribution >= 4 is 34.1 Å². The zero-order valence-electron chi connectivity index (χ0n) is 33.1. The summed E-state index contributed by atoms with van der Waals surface area (Å²) in [6.45, 7) is 7.52. The van der Waals surface area contributed by atoms with Gasteiger partial charge in [0.15, 0.2) is 0 Å². The minimum absolute atomic E-state index is 0.338. The number of anilines is 6. The van der Waals surface area contributed by atoms with E-state index in [1.807, 2.05) is 39.8 Å². The van der Waals surface area contributed by atoms with Gasteiger partial charge >= 0.3 is 0 Å². The van der Waals surface area contributed by atoms with Gasteiger partial charge in [-0.25, -0.2) is 17.6 Å². The summed E-state index contributed by atoms with van der Waals surface area (Å²) in [4.78, 5) is 4.16. The molecule has 0 unspecified atom stereocenters. The van der Waals surface area contributed by atoms with Crippen molar-refractivity contribution in [3.05, 3.63) is 238 Å². The van der Waals surface area contributed by atoms with E-state index in [9.17, 15) is 17.6 Å². The number of hydrogen-bond donors (Lipinski definition) is 0. The van der Waals surface area contributed by atoms with E-state index >= 15 is 0 Å². The minimum atomic E-state index is -0.845. The van der Waals surface area contributed by atoms with Crippen molar-refractivity contribution in [3.8, 4) is 11.1 Å². The molecule has 0 fully saturated rings. The van der Waals surface area contributed by atoms with E-state index in [2.05, 4.69) is 94.7 Å². The van der Waals surface area contributed by atoms with E-state index < -0.39 is 5.41 Å². The van der Waals surface area contributed by atoms with Crippen molar-refractivity contribution in [1.82, 2.24) is 0 Å². The molecule has 0 N–H and O–H groups in total. The van der Waals surface area contributed by atoms with Crippen LogP contribution in [-0.4, -0.2) is 0 Å². The molecule has 0 saturated heterocycles. The zero-order chi connectivity index (χ0) is 41.0. The summed E-state index contributed by atoms with van der Waals surface area (Å²) in [5.74, 6) is -1.35. The van der Waals surface area contributed by atoms with Gasteiger partial charge in [-0.2, -0.15) is 0 Å². The van der Waals surface area contributed by atoms with Gasteiger partial charge in [0.1, 0.15) is 23.3 Å². The van der Waals surface area contributed by atoms with Crippen molar-refractivity contribution in [2.24, 2.45) is 0 Å². The summed E-state index contributed by atoms with van der Waals surface area (Å²) < 4.78 is 58.5. The van der Waals surface area contributed by atoms with Crippen molar-refractivity contribution in [2.45, 2.75) is 33.1 Å². The third-order valence-electron chi connectivity index (χ3n) is 11.6. The lowest BCUT2D eigenvalue weighted by Crippen LogP contribution is -2.29. The fourth-order valence-electron chi connectivity index (χ4n) is 9.04. The highest BCUT2D eigenvalue weighted by Gasteiger charge is 2.47. The Morgan fingerprint density at radius 1 is 0.339 bits per heavy atom. The number of hydrogen-bond acceptors (Lipinski definition) is 2. The normalized spacial score (nSPS) is 12.5. The van der Waals surface area contributed by atoms with Gasteiger partial charge in [-0.15, -0.1) is 0 Å². The monoisotopic (exact) mass is 780 g/mol. The maximum absolute atomic E-state index is 14.6. The van der Waals surface area contributed by atoms with Crippen LogP contribution in [0.4, 0.5) is 51.7 Å². The molecule has 0 atom stereocenters. The summed E-state index contributed by atoms with van der Waals surface area (Å²) in [6.07, 6.45) is 0. The topological polar surface area (TPSA) is 6.48 Å². The Hall–Kier alpha value is -6.92. The molecule has 0 amide bonds. The first-order chi connectivity index (χ1) is 28.5. The summed E-state index contributed by atoms with van der Waals surface area (Å²) in [6, 6.07) is 52.7. The molecule has 59 heavy (non-hydrogen) atoms. The molecule has 8 aromatic carbocycles. The first-order valence-corrected chi connectivity index (χ1v) is 19.6. The van der Waals surface area contributed by atoms with Crippen LogP contribution in [0.5, 0.6) is 0 Å². The predicted octanol–water partition coefficient (Wildman–Crippen LogP) is 14.8. The standard InChI is InChI=1S/C53H40F4N2/c1-33-27-39(54)15-23-49(33)58(50-24-16-40(55)28-34(50)2)43-19-21-45-46-22-20-44(59(51-25-17-41(56)29-35(51)3)52-26-18-42(57)30-36(52)4)32-48(46)53(47(45)31-43,37-11-7-5-8-12-37)38-13-9-6-10-14-38/h5-32H,1-4H3. The quantitative estimate of drug-likeness (QED) is 0.142. The Bertz CT molecular complexity index is 2590. The minimum Gasteiger partial charge on any atom is -0.310 e. The van der Waals surface area contributed by atoms with Crippen molar-refractivity contribution in [2.75, 3.05) is 9.80 Å². The number of nitrogens with zero attached hydrogens (tertiary/aromatic N) is 2. The Labute approximate surface area is 342 Å². The van der Waals surface area contributed by atoms with Crippen LogP contribution in [0.1, 0.15) is 44.5 Å². The van der Waals surface area contributed by atoms with Crippen LogP contribution in [0.3, 0.4) is 0 Å². The van der Waals surface area contributed by atoms with Crippen LogP contribution in [0, 0.1) is 51.0 Å². The highest BCUT2D eigenvalue weighted by Crippen LogP contribution is 2.58. The molecule has 0 saturated carbocycles. The smallest absolute Gasteiger partial charge is 0.123 e. The summed E-state index contributed by atoms with van der Waals surface area (Å²) in [5.41, 5.74) is 13.0. The molecule has 290 valence electrons. The molecule has 1 aliphatic carbocycles. The molecule has 2 nitrogen and oxygen atoms in total. The molecule has 0 radical (unpaired) electrons. The molecule has 0 aromatic heterocycles. The number of aryl methyl sites for hydroxylation is 4. The molecule has 0 bridgehead atoms. The number of benzene rings is 8. The predicted molar refractivity (Wildman–Crippen MR) is 232 cm³/mol. The second kappa shape index (κ2) is 14.8. The van der Waals surface area contributed by atoms with Gasteiger partial charge < -0.3 is 9.80 Å². The average Bonchev–Trinajstić information content (AvgIpc) is 3.51. The van der Waals surface area contributed by atoms with Gasteiger partial charge in [-0.3, -0.25) is 0 Å².